The van der Waals surface area contributed by atoms with Gasteiger partial charge in [-0.2, -0.15) is 8.42 Å². The van der Waals surface area contributed by atoms with E-state index in [0.717, 1.165) is 21.0 Å². The van der Waals surface area contributed by atoms with Gasteiger partial charge < -0.3 is 9.67 Å². The van der Waals surface area contributed by atoms with Crippen LogP contribution in [-0.2, 0) is 14.3 Å². The Morgan fingerprint density at radius 2 is 1.96 bits per heavy atom. The van der Waals surface area contributed by atoms with Gasteiger partial charge in [0, 0.05) is 22.3 Å². The second kappa shape index (κ2) is 7.48. The summed E-state index contributed by atoms with van der Waals surface area (Å²) in [6.45, 7) is 3.35. The fraction of sp³-hybridized carbons (Fsp3) is 0.278. The molecule has 6 nitrogen and oxygen atoms in total. The number of aromatic nitrogens is 2. The van der Waals surface area contributed by atoms with E-state index in [2.05, 4.69) is 20.9 Å². The summed E-state index contributed by atoms with van der Waals surface area (Å²) < 4.78 is 32.5. The van der Waals surface area contributed by atoms with Crippen LogP contribution in [0.4, 0.5) is 0 Å². The van der Waals surface area contributed by atoms with E-state index in [9.17, 15) is 13.5 Å². The minimum atomic E-state index is -3.90. The Balaban J connectivity index is 1.85. The quantitative estimate of drug-likeness (QED) is 0.596. The van der Waals surface area contributed by atoms with Crippen LogP contribution < -0.4 is 0 Å². The van der Waals surface area contributed by atoms with Crippen molar-refractivity contribution in [2.45, 2.75) is 24.8 Å². The van der Waals surface area contributed by atoms with Crippen molar-refractivity contribution < 1.29 is 17.7 Å². The number of fused-ring (bicyclic) bond motifs is 1. The lowest BCUT2D eigenvalue weighted by atomic mass is 10.2. The Morgan fingerprint density at radius 1 is 1.27 bits per heavy atom. The molecule has 0 amide bonds. The monoisotopic (exact) mass is 438 g/mol. The minimum Gasteiger partial charge on any atom is -0.394 e. The molecule has 0 spiro atoms. The van der Waals surface area contributed by atoms with Gasteiger partial charge in [-0.05, 0) is 53.5 Å². The average molecular weight is 439 g/mol. The van der Waals surface area contributed by atoms with Gasteiger partial charge in [0.25, 0.3) is 10.1 Å². The number of benzene rings is 1. The molecule has 3 aromatic rings. The molecule has 138 valence electrons. The van der Waals surface area contributed by atoms with Crippen LogP contribution in [0, 0.1) is 13.8 Å². The molecule has 0 saturated carbocycles. The molecule has 0 fully saturated rings. The molecule has 0 aliphatic heterocycles. The summed E-state index contributed by atoms with van der Waals surface area (Å²) in [5.41, 5.74) is 2.61. The minimum absolute atomic E-state index is 0.0930. The highest BCUT2D eigenvalue weighted by Gasteiger charge is 2.21. The number of hydrogen-bond donors (Lipinski definition) is 1. The fourth-order valence-corrected chi connectivity index (χ4v) is 3.98. The van der Waals surface area contributed by atoms with Crippen molar-refractivity contribution in [2.75, 3.05) is 13.2 Å². The highest BCUT2D eigenvalue weighted by Crippen LogP contribution is 2.26. The second-order valence-electron chi connectivity index (χ2n) is 6.13. The number of nitrogens with zero attached hydrogens (tertiary/aromatic N) is 2. The van der Waals surface area contributed by atoms with Crippen molar-refractivity contribution in [3.05, 3.63) is 58.3 Å². The van der Waals surface area contributed by atoms with Gasteiger partial charge in [0.15, 0.2) is 0 Å². The summed E-state index contributed by atoms with van der Waals surface area (Å²) in [5.74, 6) is 0. The zero-order valence-electron chi connectivity index (χ0n) is 14.4. The van der Waals surface area contributed by atoms with Gasteiger partial charge >= 0.3 is 0 Å². The second-order valence-corrected chi connectivity index (χ2v) is 8.66. The molecule has 0 bridgehead atoms. The van der Waals surface area contributed by atoms with Crippen molar-refractivity contribution in [1.82, 2.24) is 9.55 Å². The Bertz CT molecular complexity index is 1030. The number of aliphatic hydroxyl groups excluding tert-OH is 1. The smallest absolute Gasteiger partial charge is 0.297 e. The van der Waals surface area contributed by atoms with Gasteiger partial charge in [0.05, 0.1) is 24.2 Å². The Kier molecular flexibility index (Phi) is 5.47. The number of pyridine rings is 1. The molecule has 26 heavy (non-hydrogen) atoms. The number of rotatable bonds is 6. The van der Waals surface area contributed by atoms with Crippen LogP contribution in [0.3, 0.4) is 0 Å². The van der Waals surface area contributed by atoms with E-state index in [4.69, 9.17) is 4.18 Å². The molecule has 0 aliphatic rings. The molecule has 1 atom stereocenters. The normalized spacial score (nSPS) is 13.2. The van der Waals surface area contributed by atoms with Crippen molar-refractivity contribution in [1.29, 1.82) is 0 Å². The van der Waals surface area contributed by atoms with Crippen LogP contribution in [0.15, 0.2) is 52.1 Å². The van der Waals surface area contributed by atoms with Crippen molar-refractivity contribution in [3.63, 3.8) is 0 Å². The third kappa shape index (κ3) is 3.83. The first-order valence-corrected chi connectivity index (χ1v) is 10.2. The zero-order valence-corrected chi connectivity index (χ0v) is 16.8. The maximum absolute atomic E-state index is 12.4. The van der Waals surface area contributed by atoms with E-state index in [1.807, 2.05) is 26.1 Å². The van der Waals surface area contributed by atoms with E-state index in [-0.39, 0.29) is 18.1 Å². The molecule has 0 saturated heterocycles. The van der Waals surface area contributed by atoms with E-state index in [1.165, 1.54) is 12.1 Å². The van der Waals surface area contributed by atoms with Gasteiger partial charge in [-0.1, -0.05) is 17.7 Å². The molecular formula is C18H19BrN2O4S. The molecule has 1 aromatic carbocycles. The molecule has 2 heterocycles. The van der Waals surface area contributed by atoms with Crippen LogP contribution in [0.1, 0.15) is 17.2 Å². The van der Waals surface area contributed by atoms with Crippen LogP contribution in [0.25, 0.3) is 11.0 Å². The molecule has 3 rings (SSSR count). The SMILES string of the molecule is Cc1ccc(S(=O)(=O)OCC(CO)n2cc(C)c3cc(Br)cnc32)cc1. The van der Waals surface area contributed by atoms with Crippen molar-refractivity contribution in [3.8, 4) is 0 Å². The number of aliphatic hydroxyl groups is 1. The zero-order chi connectivity index (χ0) is 18.9. The standard InChI is InChI=1S/C18H19BrN2O4S/c1-12-3-5-16(6-4-12)26(23,24)25-11-15(10-22)21-9-13(2)17-7-14(19)8-20-18(17)21/h3-9,15,22H,10-11H2,1-2H3. The summed E-state index contributed by atoms with van der Waals surface area (Å²) in [6, 6.07) is 7.81. The first kappa shape index (κ1) is 19.0. The summed E-state index contributed by atoms with van der Waals surface area (Å²) in [7, 11) is -3.90. The third-order valence-corrected chi connectivity index (χ3v) is 5.89. The average Bonchev–Trinajstić information content (AvgIpc) is 2.92. The third-order valence-electron chi connectivity index (χ3n) is 4.16. The van der Waals surface area contributed by atoms with Gasteiger partial charge in [-0.25, -0.2) is 4.98 Å². The lowest BCUT2D eigenvalue weighted by Gasteiger charge is -2.17. The maximum atomic E-state index is 12.4. The largest absolute Gasteiger partial charge is 0.394 e. The highest BCUT2D eigenvalue weighted by molar-refractivity contribution is 9.10. The molecule has 8 heteroatoms. The molecule has 2 aromatic heterocycles. The summed E-state index contributed by atoms with van der Waals surface area (Å²) in [6.07, 6.45) is 3.50. The predicted octanol–water partition coefficient (Wildman–Crippen LogP) is 3.35. The van der Waals surface area contributed by atoms with Crippen LogP contribution in [0.5, 0.6) is 0 Å². The van der Waals surface area contributed by atoms with Crippen LogP contribution in [-0.4, -0.2) is 36.3 Å². The van der Waals surface area contributed by atoms with E-state index in [0.29, 0.717) is 5.65 Å². The van der Waals surface area contributed by atoms with Gasteiger partial charge in [-0.15, -0.1) is 0 Å². The lowest BCUT2D eigenvalue weighted by molar-refractivity contribution is 0.172. The Morgan fingerprint density at radius 3 is 2.62 bits per heavy atom. The van der Waals surface area contributed by atoms with Crippen molar-refractivity contribution >= 4 is 37.1 Å². The molecule has 0 aliphatic carbocycles. The number of halogens is 1. The number of aryl methyl sites for hydroxylation is 2. The highest BCUT2D eigenvalue weighted by atomic mass is 79.9. The first-order chi connectivity index (χ1) is 12.3. The summed E-state index contributed by atoms with van der Waals surface area (Å²) >= 11 is 3.39. The predicted molar refractivity (Wildman–Crippen MR) is 103 cm³/mol. The summed E-state index contributed by atoms with van der Waals surface area (Å²) in [5, 5.41) is 10.7. The van der Waals surface area contributed by atoms with Crippen LogP contribution in [0.2, 0.25) is 0 Å². The van der Waals surface area contributed by atoms with E-state index in [1.54, 1.807) is 22.9 Å². The molecule has 1 N–H and O–H groups in total. The molecule has 1 unspecified atom stereocenters. The summed E-state index contributed by atoms with van der Waals surface area (Å²) in [4.78, 5) is 4.48. The number of hydrogen-bond acceptors (Lipinski definition) is 5. The Labute approximate surface area is 160 Å². The molecule has 0 radical (unpaired) electrons. The van der Waals surface area contributed by atoms with Gasteiger partial charge in [0.1, 0.15) is 5.65 Å². The topological polar surface area (TPSA) is 81.4 Å². The lowest BCUT2D eigenvalue weighted by Crippen LogP contribution is -2.21. The van der Waals surface area contributed by atoms with E-state index < -0.39 is 16.2 Å². The molecular weight excluding hydrogens is 420 g/mol. The van der Waals surface area contributed by atoms with Gasteiger partial charge in [-0.3, -0.25) is 4.18 Å². The first-order valence-electron chi connectivity index (χ1n) is 8.01. The van der Waals surface area contributed by atoms with E-state index >= 15 is 0 Å². The van der Waals surface area contributed by atoms with Crippen molar-refractivity contribution in [2.24, 2.45) is 0 Å². The van der Waals surface area contributed by atoms with Gasteiger partial charge in [0.2, 0.25) is 0 Å². The Hall–Kier alpha value is -1.74. The maximum Gasteiger partial charge on any atom is 0.297 e. The van der Waals surface area contributed by atoms with Crippen LogP contribution >= 0.6 is 15.9 Å². The fourth-order valence-electron chi connectivity index (χ4n) is 2.71.